The Kier molecular flexibility index (Phi) is 5.38. The van der Waals surface area contributed by atoms with Crippen LogP contribution in [0.2, 0.25) is 0 Å². The van der Waals surface area contributed by atoms with E-state index in [9.17, 15) is 4.79 Å². The van der Waals surface area contributed by atoms with Gasteiger partial charge in [-0.15, -0.1) is 0 Å². The summed E-state index contributed by atoms with van der Waals surface area (Å²) in [6.45, 7) is 2.60. The van der Waals surface area contributed by atoms with Crippen molar-refractivity contribution in [3.05, 3.63) is 114 Å². The summed E-state index contributed by atoms with van der Waals surface area (Å²) in [5.74, 6) is 0.701. The molecule has 2 N–H and O–H groups in total. The first-order valence-electron chi connectivity index (χ1n) is 10.8. The van der Waals surface area contributed by atoms with Gasteiger partial charge in [0.25, 0.3) is 5.91 Å². The second kappa shape index (κ2) is 8.63. The Bertz CT molecular complexity index is 1300. The highest BCUT2D eigenvalue weighted by Gasteiger charge is 2.22. The molecule has 1 aliphatic heterocycles. The third-order valence-electron chi connectivity index (χ3n) is 5.81. The van der Waals surface area contributed by atoms with Gasteiger partial charge >= 0.3 is 0 Å². The van der Waals surface area contributed by atoms with Crippen molar-refractivity contribution in [2.24, 2.45) is 4.99 Å². The predicted octanol–water partition coefficient (Wildman–Crippen LogP) is 4.82. The molecule has 0 radical (unpaired) electrons. The fraction of sp³-hybridized carbons (Fsp3) is 0.148. The van der Waals surface area contributed by atoms with Crippen LogP contribution in [-0.2, 0) is 0 Å². The maximum atomic E-state index is 12.8. The van der Waals surface area contributed by atoms with Gasteiger partial charge in [-0.2, -0.15) is 0 Å². The fourth-order valence-corrected chi connectivity index (χ4v) is 4.00. The first kappa shape index (κ1) is 19.9. The van der Waals surface area contributed by atoms with Crippen LogP contribution in [0.1, 0.15) is 46.2 Å². The number of nitrogens with one attached hydrogen (secondary N) is 2. The molecule has 0 aliphatic carbocycles. The van der Waals surface area contributed by atoms with Crippen molar-refractivity contribution in [2.75, 3.05) is 6.54 Å². The van der Waals surface area contributed by atoms with E-state index in [0.29, 0.717) is 12.1 Å². The minimum atomic E-state index is -0.0847. The quantitative estimate of drug-likeness (QED) is 0.487. The third-order valence-corrected chi connectivity index (χ3v) is 5.81. The Balaban J connectivity index is 1.29. The Morgan fingerprint density at radius 3 is 2.59 bits per heavy atom. The van der Waals surface area contributed by atoms with Gasteiger partial charge in [0, 0.05) is 17.1 Å². The van der Waals surface area contributed by atoms with Crippen LogP contribution in [0.15, 0.2) is 96.1 Å². The molecule has 3 aromatic carbocycles. The molecule has 5 nitrogen and oxygen atoms in total. The highest BCUT2D eigenvalue weighted by atomic mass is 16.1. The summed E-state index contributed by atoms with van der Waals surface area (Å²) < 4.78 is 0. The minimum absolute atomic E-state index is 0.0116. The minimum Gasteiger partial charge on any atom is -0.360 e. The Labute approximate surface area is 187 Å². The molecule has 4 aromatic rings. The van der Waals surface area contributed by atoms with E-state index < -0.39 is 0 Å². The normalized spacial score (nSPS) is 16.3. The number of amidine groups is 1. The number of aromatic nitrogens is 1. The van der Waals surface area contributed by atoms with Gasteiger partial charge in [-0.1, -0.05) is 66.7 Å². The number of nitrogens with zero attached hydrogens (tertiary/aromatic N) is 2. The van der Waals surface area contributed by atoms with E-state index in [4.69, 9.17) is 0 Å². The molecule has 0 saturated heterocycles. The molecule has 1 aliphatic rings. The fourth-order valence-electron chi connectivity index (χ4n) is 4.00. The summed E-state index contributed by atoms with van der Waals surface area (Å²) in [6.07, 6.45) is 1.88. The number of hydrogen-bond donors (Lipinski definition) is 2. The van der Waals surface area contributed by atoms with Crippen LogP contribution in [-0.4, -0.2) is 23.3 Å². The van der Waals surface area contributed by atoms with Gasteiger partial charge < -0.3 is 10.6 Å². The van der Waals surface area contributed by atoms with E-state index >= 15 is 0 Å². The lowest BCUT2D eigenvalue weighted by atomic mass is 10.0. The van der Waals surface area contributed by atoms with Crippen LogP contribution in [0, 0.1) is 0 Å². The lowest BCUT2D eigenvalue weighted by molar-refractivity contribution is 0.0939. The Morgan fingerprint density at radius 1 is 0.969 bits per heavy atom. The smallest absolute Gasteiger partial charge is 0.251 e. The van der Waals surface area contributed by atoms with Gasteiger partial charge in [-0.3, -0.25) is 14.8 Å². The van der Waals surface area contributed by atoms with Gasteiger partial charge in [0.2, 0.25) is 0 Å². The van der Waals surface area contributed by atoms with Crippen molar-refractivity contribution in [1.82, 2.24) is 15.6 Å². The Morgan fingerprint density at radius 2 is 1.75 bits per heavy atom. The largest absolute Gasteiger partial charge is 0.360 e. The zero-order chi connectivity index (χ0) is 21.9. The summed E-state index contributed by atoms with van der Waals surface area (Å²) in [4.78, 5) is 22.1. The van der Waals surface area contributed by atoms with E-state index in [1.54, 1.807) is 0 Å². The number of carbonyl (C=O) groups excluding carboxylic acids is 1. The van der Waals surface area contributed by atoms with E-state index in [1.165, 1.54) is 0 Å². The van der Waals surface area contributed by atoms with E-state index in [-0.39, 0.29) is 18.0 Å². The average Bonchev–Trinajstić information content (AvgIpc) is 3.35. The molecule has 32 heavy (non-hydrogen) atoms. The molecule has 2 atom stereocenters. The molecule has 5 heteroatoms. The SMILES string of the molecule is C[C@@H](NC(=O)c1cccc(C2CN=C(c3cc4ccccc4cn3)N2)c1)c1ccccc1. The summed E-state index contributed by atoms with van der Waals surface area (Å²) in [6, 6.07) is 27.9. The molecule has 0 fully saturated rings. The number of fused-ring (bicyclic) bond motifs is 1. The van der Waals surface area contributed by atoms with Crippen LogP contribution in [0.5, 0.6) is 0 Å². The molecule has 158 valence electrons. The maximum Gasteiger partial charge on any atom is 0.251 e. The first-order chi connectivity index (χ1) is 15.7. The average molecular weight is 421 g/mol. The van der Waals surface area contributed by atoms with Gasteiger partial charge in [0.1, 0.15) is 11.5 Å². The van der Waals surface area contributed by atoms with Crippen LogP contribution in [0.4, 0.5) is 0 Å². The first-order valence-corrected chi connectivity index (χ1v) is 10.8. The monoisotopic (exact) mass is 420 g/mol. The van der Waals surface area contributed by atoms with E-state index in [0.717, 1.165) is 33.4 Å². The van der Waals surface area contributed by atoms with Gasteiger partial charge in [0.15, 0.2) is 0 Å². The lowest BCUT2D eigenvalue weighted by Crippen LogP contribution is -2.27. The molecule has 1 aromatic heterocycles. The zero-order valence-electron chi connectivity index (χ0n) is 17.8. The molecule has 2 heterocycles. The van der Waals surface area contributed by atoms with Crippen molar-refractivity contribution < 1.29 is 4.79 Å². The van der Waals surface area contributed by atoms with Crippen LogP contribution in [0.25, 0.3) is 10.8 Å². The second-order valence-electron chi connectivity index (χ2n) is 8.03. The summed E-state index contributed by atoms with van der Waals surface area (Å²) in [5, 5.41) is 8.80. The number of benzene rings is 3. The molecule has 1 unspecified atom stereocenters. The van der Waals surface area contributed by atoms with Gasteiger partial charge in [0.05, 0.1) is 18.6 Å². The molecular weight excluding hydrogens is 396 g/mol. The van der Waals surface area contributed by atoms with Crippen molar-refractivity contribution in [3.63, 3.8) is 0 Å². The third kappa shape index (κ3) is 4.10. The lowest BCUT2D eigenvalue weighted by Gasteiger charge is -2.16. The molecule has 5 rings (SSSR count). The highest BCUT2D eigenvalue weighted by Crippen LogP contribution is 2.22. The molecule has 1 amide bonds. The van der Waals surface area contributed by atoms with Gasteiger partial charge in [-0.05, 0) is 41.6 Å². The maximum absolute atomic E-state index is 12.8. The van der Waals surface area contributed by atoms with Crippen molar-refractivity contribution in [2.45, 2.75) is 19.0 Å². The van der Waals surface area contributed by atoms with Crippen molar-refractivity contribution in [3.8, 4) is 0 Å². The molecule has 0 spiro atoms. The van der Waals surface area contributed by atoms with E-state index in [1.807, 2.05) is 85.9 Å². The highest BCUT2D eigenvalue weighted by molar-refractivity contribution is 6.01. The molecule has 0 bridgehead atoms. The van der Waals surface area contributed by atoms with Crippen molar-refractivity contribution >= 4 is 22.5 Å². The number of rotatable bonds is 5. The standard InChI is InChI=1S/C27H24N4O/c1-18(19-8-3-2-4-9-19)30-27(32)22-13-7-12-21(14-22)25-17-29-26(31-25)24-15-20-10-5-6-11-23(20)16-28-24/h2-16,18,25H,17H2,1H3,(H,29,31)(H,30,32)/t18-,25?/m1/s1. The Hall–Kier alpha value is -3.99. The number of amides is 1. The second-order valence-corrected chi connectivity index (χ2v) is 8.03. The number of aliphatic imine (C=N–C) groups is 1. The number of pyridine rings is 1. The van der Waals surface area contributed by atoms with E-state index in [2.05, 4.69) is 32.7 Å². The van der Waals surface area contributed by atoms with Gasteiger partial charge in [-0.25, -0.2) is 0 Å². The molecular formula is C27H24N4O. The summed E-state index contributed by atoms with van der Waals surface area (Å²) in [7, 11) is 0. The number of hydrogen-bond acceptors (Lipinski definition) is 4. The summed E-state index contributed by atoms with van der Waals surface area (Å²) in [5.41, 5.74) is 3.58. The number of carbonyl (C=O) groups is 1. The topological polar surface area (TPSA) is 66.4 Å². The van der Waals surface area contributed by atoms with Crippen molar-refractivity contribution in [1.29, 1.82) is 0 Å². The zero-order valence-corrected chi connectivity index (χ0v) is 17.8. The summed E-state index contributed by atoms with van der Waals surface area (Å²) >= 11 is 0. The predicted molar refractivity (Wildman–Crippen MR) is 128 cm³/mol. The van der Waals surface area contributed by atoms with Crippen LogP contribution in [0.3, 0.4) is 0 Å². The van der Waals surface area contributed by atoms with Crippen LogP contribution < -0.4 is 10.6 Å². The van der Waals surface area contributed by atoms with Crippen LogP contribution >= 0.6 is 0 Å². The molecule has 0 saturated carbocycles.